The van der Waals surface area contributed by atoms with Crippen molar-refractivity contribution in [1.82, 2.24) is 19.9 Å². The molecular weight excluding hydrogens is 250 g/mol. The summed E-state index contributed by atoms with van der Waals surface area (Å²) in [5.41, 5.74) is 0.806. The van der Waals surface area contributed by atoms with E-state index < -0.39 is 0 Å². The van der Waals surface area contributed by atoms with Crippen molar-refractivity contribution in [2.75, 3.05) is 18.4 Å². The normalized spacial score (nSPS) is 19.5. The fourth-order valence-electron chi connectivity index (χ4n) is 2.29. The molecule has 96 valence electrons. The van der Waals surface area contributed by atoms with Crippen LogP contribution in [0.15, 0.2) is 18.3 Å². The van der Waals surface area contributed by atoms with Gasteiger partial charge in [0.2, 0.25) is 5.95 Å². The Kier molecular flexibility index (Phi) is 3.34. The molecule has 5 nitrogen and oxygen atoms in total. The summed E-state index contributed by atoms with van der Waals surface area (Å²) in [4.78, 5) is 4.38. The Morgan fingerprint density at radius 3 is 3.28 bits per heavy atom. The lowest BCUT2D eigenvalue weighted by atomic mass is 10.2. The smallest absolute Gasteiger partial charge is 0.243 e. The lowest BCUT2D eigenvalue weighted by Crippen LogP contribution is -2.24. The van der Waals surface area contributed by atoms with Gasteiger partial charge in [-0.05, 0) is 37.9 Å². The monoisotopic (exact) mass is 265 g/mol. The molecule has 0 spiro atoms. The molecule has 0 amide bonds. The average molecular weight is 266 g/mol. The Labute approximate surface area is 111 Å². The zero-order chi connectivity index (χ0) is 12.4. The second-order valence-corrected chi connectivity index (χ2v) is 5.03. The highest BCUT2D eigenvalue weighted by Crippen LogP contribution is 2.12. The number of hydrogen-bond donors (Lipinski definition) is 2. The molecule has 0 bridgehead atoms. The molecule has 0 radical (unpaired) electrons. The lowest BCUT2D eigenvalue weighted by Gasteiger charge is -2.09. The number of rotatable bonds is 4. The fraction of sp³-hybridized carbons (Fsp3) is 0.500. The van der Waals surface area contributed by atoms with E-state index in [1.165, 1.54) is 12.8 Å². The molecule has 1 aliphatic heterocycles. The summed E-state index contributed by atoms with van der Waals surface area (Å²) >= 11 is 5.90. The van der Waals surface area contributed by atoms with Crippen LogP contribution in [0.4, 0.5) is 5.95 Å². The molecule has 0 saturated carbocycles. The maximum absolute atomic E-state index is 5.90. The van der Waals surface area contributed by atoms with Crippen molar-refractivity contribution in [2.24, 2.45) is 0 Å². The predicted octanol–water partition coefficient (Wildman–Crippen LogP) is 1.94. The first kappa shape index (κ1) is 11.7. The largest absolute Gasteiger partial charge is 0.353 e. The van der Waals surface area contributed by atoms with Gasteiger partial charge in [0.25, 0.3) is 0 Å². The molecule has 1 fully saturated rings. The summed E-state index contributed by atoms with van der Waals surface area (Å²) in [6, 6.07) is 4.32. The SMILES string of the molecule is Clc1ccc2nc(NCC[C@H]3CCCN3)nn2c1. The molecule has 2 aromatic heterocycles. The highest BCUT2D eigenvalue weighted by atomic mass is 35.5. The Morgan fingerprint density at radius 2 is 2.44 bits per heavy atom. The van der Waals surface area contributed by atoms with Crippen molar-refractivity contribution < 1.29 is 0 Å². The Bertz CT molecular complexity index is 532. The van der Waals surface area contributed by atoms with Crippen LogP contribution < -0.4 is 10.6 Å². The molecule has 2 N–H and O–H groups in total. The molecule has 18 heavy (non-hydrogen) atoms. The first-order chi connectivity index (χ1) is 8.81. The van der Waals surface area contributed by atoms with Gasteiger partial charge in [-0.2, -0.15) is 4.98 Å². The summed E-state index contributed by atoms with van der Waals surface area (Å²) in [6.45, 7) is 2.04. The minimum absolute atomic E-state index is 0.643. The molecule has 3 heterocycles. The fourth-order valence-corrected chi connectivity index (χ4v) is 2.45. The highest BCUT2D eigenvalue weighted by molar-refractivity contribution is 6.30. The van der Waals surface area contributed by atoms with Gasteiger partial charge >= 0.3 is 0 Å². The number of anilines is 1. The van der Waals surface area contributed by atoms with Crippen molar-refractivity contribution in [1.29, 1.82) is 0 Å². The van der Waals surface area contributed by atoms with Crippen LogP contribution >= 0.6 is 11.6 Å². The third kappa shape index (κ3) is 2.57. The maximum Gasteiger partial charge on any atom is 0.243 e. The van der Waals surface area contributed by atoms with Crippen molar-refractivity contribution in [3.05, 3.63) is 23.4 Å². The molecule has 1 aliphatic rings. The van der Waals surface area contributed by atoms with Crippen LogP contribution in [-0.4, -0.2) is 33.7 Å². The third-order valence-electron chi connectivity index (χ3n) is 3.23. The van der Waals surface area contributed by atoms with Crippen molar-refractivity contribution >= 4 is 23.2 Å². The third-order valence-corrected chi connectivity index (χ3v) is 3.46. The molecule has 1 saturated heterocycles. The number of hydrogen-bond acceptors (Lipinski definition) is 4. The molecule has 3 rings (SSSR count). The van der Waals surface area contributed by atoms with Gasteiger partial charge in [-0.1, -0.05) is 11.6 Å². The van der Waals surface area contributed by atoms with E-state index in [-0.39, 0.29) is 0 Å². The van der Waals surface area contributed by atoms with Gasteiger partial charge in [0.1, 0.15) is 0 Å². The van der Waals surface area contributed by atoms with Crippen LogP contribution in [0.5, 0.6) is 0 Å². The molecule has 0 aliphatic carbocycles. The zero-order valence-electron chi connectivity index (χ0n) is 10.1. The van der Waals surface area contributed by atoms with Crippen LogP contribution in [0.3, 0.4) is 0 Å². The number of aromatic nitrogens is 3. The van der Waals surface area contributed by atoms with Gasteiger partial charge < -0.3 is 10.6 Å². The lowest BCUT2D eigenvalue weighted by molar-refractivity contribution is 0.573. The number of nitrogens with one attached hydrogen (secondary N) is 2. The standard InChI is InChI=1S/C12H16ClN5/c13-9-3-4-11-16-12(17-18(11)8-9)15-7-5-10-2-1-6-14-10/h3-4,8,10,14H,1-2,5-7H2,(H,15,17)/t10-/m1/s1. The van der Waals surface area contributed by atoms with Crippen LogP contribution in [-0.2, 0) is 0 Å². The Morgan fingerprint density at radius 1 is 1.50 bits per heavy atom. The predicted molar refractivity (Wildman–Crippen MR) is 72.1 cm³/mol. The molecule has 1 atom stereocenters. The van der Waals surface area contributed by atoms with E-state index in [0.717, 1.165) is 25.2 Å². The topological polar surface area (TPSA) is 54.2 Å². The van der Waals surface area contributed by atoms with Crippen molar-refractivity contribution in [3.63, 3.8) is 0 Å². The Hall–Kier alpha value is -1.33. The van der Waals surface area contributed by atoms with E-state index in [9.17, 15) is 0 Å². The molecule has 2 aromatic rings. The van der Waals surface area contributed by atoms with Crippen LogP contribution in [0.1, 0.15) is 19.3 Å². The van der Waals surface area contributed by atoms with Gasteiger partial charge in [0, 0.05) is 18.8 Å². The number of halogens is 1. The molecule has 0 unspecified atom stereocenters. The highest BCUT2D eigenvalue weighted by Gasteiger charge is 2.13. The van der Waals surface area contributed by atoms with Crippen LogP contribution in [0, 0.1) is 0 Å². The maximum atomic E-state index is 5.90. The van der Waals surface area contributed by atoms with E-state index in [0.29, 0.717) is 17.0 Å². The van der Waals surface area contributed by atoms with E-state index in [4.69, 9.17) is 11.6 Å². The van der Waals surface area contributed by atoms with Crippen molar-refractivity contribution in [2.45, 2.75) is 25.3 Å². The van der Waals surface area contributed by atoms with Gasteiger partial charge in [-0.3, -0.25) is 0 Å². The number of nitrogens with zero attached hydrogens (tertiary/aromatic N) is 3. The second-order valence-electron chi connectivity index (χ2n) is 4.59. The van der Waals surface area contributed by atoms with Crippen LogP contribution in [0.2, 0.25) is 5.02 Å². The average Bonchev–Trinajstić information content (AvgIpc) is 2.97. The first-order valence-corrected chi connectivity index (χ1v) is 6.68. The summed E-state index contributed by atoms with van der Waals surface area (Å²) in [6.07, 6.45) is 5.43. The van der Waals surface area contributed by atoms with E-state index >= 15 is 0 Å². The van der Waals surface area contributed by atoms with Gasteiger partial charge in [-0.15, -0.1) is 5.10 Å². The second kappa shape index (κ2) is 5.12. The van der Waals surface area contributed by atoms with Gasteiger partial charge in [0.05, 0.1) is 5.02 Å². The summed E-state index contributed by atoms with van der Waals surface area (Å²) in [5.74, 6) is 0.662. The first-order valence-electron chi connectivity index (χ1n) is 6.30. The van der Waals surface area contributed by atoms with Gasteiger partial charge in [0.15, 0.2) is 5.65 Å². The van der Waals surface area contributed by atoms with Crippen LogP contribution in [0.25, 0.3) is 5.65 Å². The Balaban J connectivity index is 1.60. The van der Waals surface area contributed by atoms with Crippen molar-refractivity contribution in [3.8, 4) is 0 Å². The number of pyridine rings is 1. The van der Waals surface area contributed by atoms with Gasteiger partial charge in [-0.25, -0.2) is 4.52 Å². The van der Waals surface area contributed by atoms with E-state index in [1.807, 2.05) is 12.1 Å². The number of fused-ring (bicyclic) bond motifs is 1. The quantitative estimate of drug-likeness (QED) is 0.887. The minimum atomic E-state index is 0.643. The summed E-state index contributed by atoms with van der Waals surface area (Å²) < 4.78 is 1.69. The molecule has 6 heteroatoms. The van der Waals surface area contributed by atoms with E-state index in [1.54, 1.807) is 10.7 Å². The summed E-state index contributed by atoms with van der Waals surface area (Å²) in [7, 11) is 0. The zero-order valence-corrected chi connectivity index (χ0v) is 10.8. The van der Waals surface area contributed by atoms with E-state index in [2.05, 4.69) is 20.7 Å². The minimum Gasteiger partial charge on any atom is -0.353 e. The molecular formula is C12H16ClN5. The summed E-state index contributed by atoms with van der Waals surface area (Å²) in [5, 5.41) is 11.7. The molecule has 0 aromatic carbocycles.